The van der Waals surface area contributed by atoms with E-state index in [0.29, 0.717) is 5.69 Å². The van der Waals surface area contributed by atoms with Gasteiger partial charge in [0.25, 0.3) is 5.69 Å². The number of halogens is 1. The predicted molar refractivity (Wildman–Crippen MR) is 68.1 cm³/mol. The monoisotopic (exact) mass is 252 g/mol. The van der Waals surface area contributed by atoms with Gasteiger partial charge in [0, 0.05) is 12.1 Å². The van der Waals surface area contributed by atoms with E-state index in [1.165, 1.54) is 12.1 Å². The normalized spacial score (nSPS) is 21.8. The predicted octanol–water partition coefficient (Wildman–Crippen LogP) is 3.72. The van der Waals surface area contributed by atoms with Crippen LogP contribution in [-0.2, 0) is 0 Å². The number of hydrogen-bond acceptors (Lipinski definition) is 3. The second kappa shape index (κ2) is 4.55. The average molecular weight is 252 g/mol. The van der Waals surface area contributed by atoms with E-state index in [-0.39, 0.29) is 17.1 Å². The molecule has 1 saturated carbocycles. The van der Waals surface area contributed by atoms with Gasteiger partial charge in [0.1, 0.15) is 0 Å². The first kappa shape index (κ1) is 12.8. The molecule has 0 heterocycles. The highest BCUT2D eigenvalue weighted by atomic mass is 19.1. The van der Waals surface area contributed by atoms with Crippen molar-refractivity contribution in [2.75, 3.05) is 5.32 Å². The Bertz CT molecular complexity index is 474. The maximum atomic E-state index is 13.7. The van der Waals surface area contributed by atoms with Gasteiger partial charge in [0.05, 0.1) is 16.7 Å². The van der Waals surface area contributed by atoms with Gasteiger partial charge in [-0.3, -0.25) is 10.1 Å². The van der Waals surface area contributed by atoms with Crippen molar-refractivity contribution in [1.29, 1.82) is 0 Å². The molecule has 1 N–H and O–H groups in total. The first-order chi connectivity index (χ1) is 8.40. The summed E-state index contributed by atoms with van der Waals surface area (Å²) in [5.41, 5.74) is 0.262. The number of benzene rings is 1. The third kappa shape index (κ3) is 2.44. The fourth-order valence-corrected chi connectivity index (χ4v) is 2.52. The molecule has 0 radical (unpaired) electrons. The fraction of sp³-hybridized carbons (Fsp3) is 0.538. The Morgan fingerprint density at radius 3 is 2.72 bits per heavy atom. The minimum absolute atomic E-state index is 0.133. The molecule has 2 rings (SSSR count). The zero-order valence-corrected chi connectivity index (χ0v) is 10.6. The molecule has 1 fully saturated rings. The van der Waals surface area contributed by atoms with Crippen LogP contribution in [0.5, 0.6) is 0 Å². The molecule has 5 heteroatoms. The van der Waals surface area contributed by atoms with Crippen molar-refractivity contribution in [1.82, 2.24) is 0 Å². The molecule has 1 aromatic carbocycles. The summed E-state index contributed by atoms with van der Waals surface area (Å²) in [4.78, 5) is 9.94. The molecule has 1 atom stereocenters. The standard InChI is InChI=1S/C13H17FN2O2/c1-13(2)7-3-4-12(13)15-11-6-5-9(16(17)18)8-10(11)14/h5-6,8,12,15H,3-4,7H2,1-2H3. The van der Waals surface area contributed by atoms with Gasteiger partial charge in [-0.25, -0.2) is 4.39 Å². The van der Waals surface area contributed by atoms with E-state index in [0.717, 1.165) is 25.3 Å². The van der Waals surface area contributed by atoms with Crippen LogP contribution in [0.4, 0.5) is 15.8 Å². The van der Waals surface area contributed by atoms with Crippen LogP contribution in [0.2, 0.25) is 0 Å². The number of anilines is 1. The van der Waals surface area contributed by atoms with Crippen LogP contribution in [0.15, 0.2) is 18.2 Å². The van der Waals surface area contributed by atoms with Crippen LogP contribution >= 0.6 is 0 Å². The topological polar surface area (TPSA) is 55.2 Å². The van der Waals surface area contributed by atoms with Crippen LogP contribution in [0.3, 0.4) is 0 Å². The van der Waals surface area contributed by atoms with E-state index < -0.39 is 10.7 Å². The summed E-state index contributed by atoms with van der Waals surface area (Å²) in [7, 11) is 0. The summed E-state index contributed by atoms with van der Waals surface area (Å²) in [6.45, 7) is 4.31. The Kier molecular flexibility index (Phi) is 3.24. The third-order valence-electron chi connectivity index (χ3n) is 3.75. The second-order valence-corrected chi connectivity index (χ2v) is 5.50. The van der Waals surface area contributed by atoms with Crippen molar-refractivity contribution < 1.29 is 9.31 Å². The van der Waals surface area contributed by atoms with Crippen LogP contribution in [0.25, 0.3) is 0 Å². The highest BCUT2D eigenvalue weighted by Gasteiger charge is 2.34. The van der Waals surface area contributed by atoms with Crippen molar-refractivity contribution in [2.24, 2.45) is 5.41 Å². The van der Waals surface area contributed by atoms with Gasteiger partial charge in [-0.15, -0.1) is 0 Å². The van der Waals surface area contributed by atoms with E-state index in [9.17, 15) is 14.5 Å². The van der Waals surface area contributed by atoms with Crippen molar-refractivity contribution >= 4 is 11.4 Å². The summed E-state index contributed by atoms with van der Waals surface area (Å²) < 4.78 is 13.7. The Morgan fingerprint density at radius 1 is 1.50 bits per heavy atom. The lowest BCUT2D eigenvalue weighted by Gasteiger charge is -2.28. The molecule has 0 bridgehead atoms. The molecule has 1 aliphatic carbocycles. The van der Waals surface area contributed by atoms with Gasteiger partial charge in [0.15, 0.2) is 5.82 Å². The number of non-ortho nitro benzene ring substituents is 1. The van der Waals surface area contributed by atoms with E-state index in [4.69, 9.17) is 0 Å². The number of nitrogens with zero attached hydrogens (tertiary/aromatic N) is 1. The third-order valence-corrected chi connectivity index (χ3v) is 3.75. The summed E-state index contributed by atoms with van der Waals surface area (Å²) in [6.07, 6.45) is 3.24. The van der Waals surface area contributed by atoms with Gasteiger partial charge >= 0.3 is 0 Å². The molecule has 4 nitrogen and oxygen atoms in total. The molecular weight excluding hydrogens is 235 g/mol. The van der Waals surface area contributed by atoms with Gasteiger partial charge < -0.3 is 5.32 Å². The first-order valence-electron chi connectivity index (χ1n) is 6.10. The number of rotatable bonds is 3. The molecular formula is C13H17FN2O2. The van der Waals surface area contributed by atoms with Crippen LogP contribution in [0, 0.1) is 21.3 Å². The fourth-order valence-electron chi connectivity index (χ4n) is 2.52. The van der Waals surface area contributed by atoms with E-state index in [1.54, 1.807) is 0 Å². The summed E-state index contributed by atoms with van der Waals surface area (Å²) in [6, 6.07) is 3.95. The Hall–Kier alpha value is -1.65. The number of nitro groups is 1. The smallest absolute Gasteiger partial charge is 0.272 e. The van der Waals surface area contributed by atoms with Crippen molar-refractivity contribution in [3.05, 3.63) is 34.1 Å². The summed E-state index contributed by atoms with van der Waals surface area (Å²) in [5.74, 6) is -0.563. The van der Waals surface area contributed by atoms with Crippen molar-refractivity contribution in [3.8, 4) is 0 Å². The maximum absolute atomic E-state index is 13.7. The minimum Gasteiger partial charge on any atom is -0.379 e. The SMILES string of the molecule is CC1(C)CCCC1Nc1ccc([N+](=O)[O-])cc1F. The zero-order valence-electron chi connectivity index (χ0n) is 10.6. The molecule has 0 saturated heterocycles. The Labute approximate surface area is 105 Å². The summed E-state index contributed by atoms with van der Waals surface area (Å²) >= 11 is 0. The van der Waals surface area contributed by atoms with Gasteiger partial charge in [0.2, 0.25) is 0 Å². The molecule has 0 amide bonds. The average Bonchev–Trinajstić information content (AvgIpc) is 2.61. The molecule has 1 aliphatic rings. The highest BCUT2D eigenvalue weighted by molar-refractivity contribution is 5.51. The largest absolute Gasteiger partial charge is 0.379 e. The van der Waals surface area contributed by atoms with E-state index in [1.807, 2.05) is 0 Å². The Balaban J connectivity index is 2.17. The van der Waals surface area contributed by atoms with Gasteiger partial charge in [-0.2, -0.15) is 0 Å². The molecule has 0 aromatic heterocycles. The molecule has 98 valence electrons. The second-order valence-electron chi connectivity index (χ2n) is 5.50. The number of nitro benzene ring substituents is 1. The summed E-state index contributed by atoms with van der Waals surface area (Å²) in [5, 5.41) is 13.7. The number of nitrogens with one attached hydrogen (secondary N) is 1. The molecule has 0 spiro atoms. The lowest BCUT2D eigenvalue weighted by molar-refractivity contribution is -0.385. The quantitative estimate of drug-likeness (QED) is 0.658. The number of hydrogen-bond donors (Lipinski definition) is 1. The van der Waals surface area contributed by atoms with E-state index >= 15 is 0 Å². The lowest BCUT2D eigenvalue weighted by Crippen LogP contribution is -2.31. The molecule has 1 unspecified atom stereocenters. The van der Waals surface area contributed by atoms with Gasteiger partial charge in [-0.05, 0) is 24.3 Å². The molecule has 18 heavy (non-hydrogen) atoms. The van der Waals surface area contributed by atoms with E-state index in [2.05, 4.69) is 19.2 Å². The first-order valence-corrected chi connectivity index (χ1v) is 6.10. The zero-order chi connectivity index (χ0) is 13.3. The maximum Gasteiger partial charge on any atom is 0.272 e. The van der Waals surface area contributed by atoms with Crippen LogP contribution < -0.4 is 5.32 Å². The van der Waals surface area contributed by atoms with Crippen molar-refractivity contribution in [3.63, 3.8) is 0 Å². The lowest BCUT2D eigenvalue weighted by atomic mass is 9.87. The molecule has 1 aromatic rings. The van der Waals surface area contributed by atoms with Crippen LogP contribution in [-0.4, -0.2) is 11.0 Å². The molecule has 0 aliphatic heterocycles. The Morgan fingerprint density at radius 2 is 2.22 bits per heavy atom. The van der Waals surface area contributed by atoms with Crippen molar-refractivity contribution in [2.45, 2.75) is 39.2 Å². The highest BCUT2D eigenvalue weighted by Crippen LogP contribution is 2.39. The van der Waals surface area contributed by atoms with Crippen LogP contribution in [0.1, 0.15) is 33.1 Å². The van der Waals surface area contributed by atoms with Gasteiger partial charge in [-0.1, -0.05) is 20.3 Å². The minimum atomic E-state index is -0.591.